The minimum Gasteiger partial charge on any atom is -0.507 e. The third-order valence-corrected chi connectivity index (χ3v) is 11.3. The Bertz CT molecular complexity index is 2870. The van der Waals surface area contributed by atoms with Crippen LogP contribution in [0.2, 0.25) is 0 Å². The molecular weight excluding hydrogens is 771 g/mol. The van der Waals surface area contributed by atoms with Crippen molar-refractivity contribution < 1.29 is 9.52 Å². The Morgan fingerprint density at radius 3 is 2.27 bits per heavy atom. The van der Waals surface area contributed by atoms with Gasteiger partial charge in [-0.3, -0.25) is 4.99 Å². The van der Waals surface area contributed by atoms with Crippen molar-refractivity contribution in [3.63, 3.8) is 0 Å². The van der Waals surface area contributed by atoms with Crippen molar-refractivity contribution in [2.24, 2.45) is 4.99 Å². The van der Waals surface area contributed by atoms with Crippen molar-refractivity contribution in [2.45, 2.75) is 26.2 Å². The van der Waals surface area contributed by atoms with Gasteiger partial charge in [-0.25, -0.2) is 4.98 Å². The van der Waals surface area contributed by atoms with E-state index >= 15 is 0 Å². The van der Waals surface area contributed by atoms with Crippen LogP contribution >= 0.6 is 33.9 Å². The Morgan fingerprint density at radius 1 is 0.712 bits per heavy atom. The molecule has 9 rings (SSSR count). The average Bonchev–Trinajstić information content (AvgIpc) is 3.76. The fourth-order valence-electron chi connectivity index (χ4n) is 7.14. The van der Waals surface area contributed by atoms with Crippen molar-refractivity contribution in [1.29, 1.82) is 0 Å². The highest BCUT2D eigenvalue weighted by atomic mass is 127. The van der Waals surface area contributed by atoms with Crippen LogP contribution in [0.25, 0.3) is 75.8 Å². The fraction of sp³-hybridized carbons (Fsp3) is 0.0870. The molecule has 0 aliphatic rings. The Balaban J connectivity index is 1.24. The van der Waals surface area contributed by atoms with Gasteiger partial charge in [-0.15, -0.1) is 11.3 Å². The number of nitrogens with zero attached hydrogens (tertiary/aromatic N) is 2. The number of aliphatic imine (C=N–C) groups is 1. The molecule has 7 aromatic carbocycles. The third kappa shape index (κ3) is 5.67. The van der Waals surface area contributed by atoms with Gasteiger partial charge < -0.3 is 9.52 Å². The summed E-state index contributed by atoms with van der Waals surface area (Å²) >= 11 is 3.97. The number of furan rings is 1. The number of hydrogen-bond donors (Lipinski definition) is 1. The zero-order chi connectivity index (χ0) is 35.6. The molecule has 2 heterocycles. The molecule has 9 aromatic rings. The summed E-state index contributed by atoms with van der Waals surface area (Å²) in [4.78, 5) is 10.3. The number of halogens is 1. The summed E-state index contributed by atoms with van der Waals surface area (Å²) in [5.41, 5.74) is 10.1. The molecule has 0 bridgehead atoms. The SMILES string of the molecule is CC(C)(C)c1cc(I)cc(/C=N/c2ccccc2-c2nc3c(-c4cccc5ccccc45)cc(-c4cccc5c4oc4ccccc45)cc3s2)c1O. The van der Waals surface area contributed by atoms with Crippen molar-refractivity contribution in [3.05, 3.63) is 148 Å². The highest BCUT2D eigenvalue weighted by molar-refractivity contribution is 14.1. The lowest BCUT2D eigenvalue weighted by Crippen LogP contribution is -2.12. The Kier molecular flexibility index (Phi) is 7.97. The summed E-state index contributed by atoms with van der Waals surface area (Å²) in [5.74, 6) is 0.265. The van der Waals surface area contributed by atoms with Crippen LogP contribution < -0.4 is 0 Å². The largest absolute Gasteiger partial charge is 0.507 e. The summed E-state index contributed by atoms with van der Waals surface area (Å²) in [6.07, 6.45) is 1.77. The maximum Gasteiger partial charge on any atom is 0.143 e. The van der Waals surface area contributed by atoms with E-state index in [1.165, 1.54) is 10.8 Å². The van der Waals surface area contributed by atoms with Gasteiger partial charge in [-0.05, 0) is 92.4 Å². The number of fused-ring (bicyclic) bond motifs is 5. The number of rotatable bonds is 5. The van der Waals surface area contributed by atoms with Gasteiger partial charge in [0.1, 0.15) is 21.9 Å². The van der Waals surface area contributed by atoms with E-state index in [1.54, 1.807) is 17.6 Å². The second-order valence-electron chi connectivity index (χ2n) is 14.1. The summed E-state index contributed by atoms with van der Waals surface area (Å²) in [6.45, 7) is 6.32. The van der Waals surface area contributed by atoms with Gasteiger partial charge >= 0.3 is 0 Å². The Labute approximate surface area is 319 Å². The molecule has 2 aromatic heterocycles. The van der Waals surface area contributed by atoms with E-state index in [4.69, 9.17) is 14.4 Å². The van der Waals surface area contributed by atoms with Crippen molar-refractivity contribution in [3.8, 4) is 38.6 Å². The average molecular weight is 805 g/mol. The molecule has 52 heavy (non-hydrogen) atoms. The second-order valence-corrected chi connectivity index (χ2v) is 16.4. The first-order valence-electron chi connectivity index (χ1n) is 17.2. The van der Waals surface area contributed by atoms with Crippen LogP contribution in [-0.4, -0.2) is 16.3 Å². The predicted octanol–water partition coefficient (Wildman–Crippen LogP) is 13.7. The first kappa shape index (κ1) is 32.6. The normalized spacial score (nSPS) is 12.2. The van der Waals surface area contributed by atoms with Crippen LogP contribution in [0.5, 0.6) is 5.75 Å². The standard InChI is InChI=1S/C46H33IN2O2S/c1-46(2,3)38-25-30(47)22-29(43(38)50)26-48-39-20-8-6-16-36(39)45-49-42-37(33-18-10-13-27-12-4-5-14-31(27)33)23-28(24-41(42)52-45)32-17-11-19-35-34-15-7-9-21-40(34)51-44(32)35/h4-26,50H,1-3H3/b48-26+. The van der Waals surface area contributed by atoms with Gasteiger partial charge in [0.2, 0.25) is 0 Å². The first-order chi connectivity index (χ1) is 25.2. The minimum atomic E-state index is -0.205. The number of phenolic OH excluding ortho intramolecular Hbond substituents is 1. The number of benzene rings is 7. The van der Waals surface area contributed by atoms with Gasteiger partial charge in [-0.2, -0.15) is 0 Å². The number of thiazole rings is 1. The molecule has 252 valence electrons. The molecule has 0 aliphatic carbocycles. The molecule has 0 spiro atoms. The lowest BCUT2D eigenvalue weighted by molar-refractivity contribution is 0.445. The molecule has 4 nitrogen and oxygen atoms in total. The Hall–Kier alpha value is -5.31. The van der Waals surface area contributed by atoms with Crippen molar-refractivity contribution in [2.75, 3.05) is 0 Å². The van der Waals surface area contributed by atoms with Crippen LogP contribution in [0.3, 0.4) is 0 Å². The molecule has 0 saturated carbocycles. The van der Waals surface area contributed by atoms with E-state index in [0.717, 1.165) is 79.8 Å². The molecule has 0 amide bonds. The van der Waals surface area contributed by atoms with Crippen LogP contribution in [-0.2, 0) is 5.41 Å². The van der Waals surface area contributed by atoms with Crippen molar-refractivity contribution in [1.82, 2.24) is 4.98 Å². The maximum atomic E-state index is 11.2. The number of aromatic hydroxyl groups is 1. The molecule has 0 atom stereocenters. The summed E-state index contributed by atoms with van der Waals surface area (Å²) in [7, 11) is 0. The van der Waals surface area contributed by atoms with E-state index < -0.39 is 0 Å². The Morgan fingerprint density at radius 2 is 1.40 bits per heavy atom. The molecule has 0 radical (unpaired) electrons. The molecule has 0 unspecified atom stereocenters. The number of aromatic nitrogens is 1. The smallest absolute Gasteiger partial charge is 0.143 e. The number of hydrogen-bond acceptors (Lipinski definition) is 5. The first-order valence-corrected chi connectivity index (χ1v) is 19.1. The lowest BCUT2D eigenvalue weighted by atomic mass is 9.85. The monoisotopic (exact) mass is 804 g/mol. The van der Waals surface area contributed by atoms with Crippen molar-refractivity contribution >= 4 is 88.8 Å². The highest BCUT2D eigenvalue weighted by Gasteiger charge is 2.22. The topological polar surface area (TPSA) is 58.6 Å². The van der Waals surface area contributed by atoms with E-state index in [9.17, 15) is 5.11 Å². The second kappa shape index (κ2) is 12.7. The predicted molar refractivity (Wildman–Crippen MR) is 227 cm³/mol. The molecular formula is C46H33IN2O2S. The zero-order valence-corrected chi connectivity index (χ0v) is 31.8. The lowest BCUT2D eigenvalue weighted by Gasteiger charge is -2.21. The van der Waals surface area contributed by atoms with Crippen LogP contribution in [0.4, 0.5) is 5.69 Å². The maximum absolute atomic E-state index is 11.2. The van der Waals surface area contributed by atoms with Gasteiger partial charge in [0.05, 0.1) is 15.9 Å². The van der Waals surface area contributed by atoms with Crippen LogP contribution in [0.15, 0.2) is 143 Å². The summed E-state index contributed by atoms with van der Waals surface area (Å²) in [5, 5.41) is 16.7. The van der Waals surface area contributed by atoms with Gasteiger partial charge in [0.15, 0.2) is 0 Å². The highest BCUT2D eigenvalue weighted by Crippen LogP contribution is 2.45. The summed E-state index contributed by atoms with van der Waals surface area (Å²) in [6, 6.07) is 46.3. The third-order valence-electron chi connectivity index (χ3n) is 9.68. The van der Waals surface area contributed by atoms with E-state index in [-0.39, 0.29) is 11.2 Å². The van der Waals surface area contributed by atoms with Crippen LogP contribution in [0, 0.1) is 3.57 Å². The zero-order valence-electron chi connectivity index (χ0n) is 28.8. The molecule has 1 N–H and O–H groups in total. The van der Waals surface area contributed by atoms with E-state index in [0.29, 0.717) is 5.56 Å². The molecule has 0 saturated heterocycles. The molecule has 0 fully saturated rings. The minimum absolute atomic E-state index is 0.205. The van der Waals surface area contributed by atoms with E-state index in [1.807, 2.05) is 42.5 Å². The molecule has 6 heteroatoms. The number of para-hydroxylation sites is 3. The molecule has 0 aliphatic heterocycles. The number of phenols is 1. The quantitative estimate of drug-likeness (QED) is 0.139. The summed E-state index contributed by atoms with van der Waals surface area (Å²) < 4.78 is 8.64. The van der Waals surface area contributed by atoms with Crippen LogP contribution in [0.1, 0.15) is 31.9 Å². The van der Waals surface area contributed by atoms with E-state index in [2.05, 4.69) is 134 Å². The van der Waals surface area contributed by atoms with Gasteiger partial charge in [0, 0.05) is 48.4 Å². The van der Waals surface area contributed by atoms with Gasteiger partial charge in [0.25, 0.3) is 0 Å². The fourth-order valence-corrected chi connectivity index (χ4v) is 8.85. The van der Waals surface area contributed by atoms with Gasteiger partial charge in [-0.1, -0.05) is 112 Å².